The monoisotopic (exact) mass is 480 g/mol. The maximum absolute atomic E-state index is 13.0. The van der Waals surface area contributed by atoms with Crippen LogP contribution in [0.3, 0.4) is 0 Å². The molecule has 3 N–H and O–H groups in total. The van der Waals surface area contributed by atoms with Crippen LogP contribution in [0.2, 0.25) is 0 Å². The van der Waals surface area contributed by atoms with Gasteiger partial charge in [0, 0.05) is 34.3 Å². The molecule has 1 aliphatic carbocycles. The van der Waals surface area contributed by atoms with Gasteiger partial charge < -0.3 is 20.5 Å². The van der Waals surface area contributed by atoms with E-state index in [1.807, 2.05) is 29.0 Å². The molecule has 1 saturated carbocycles. The summed E-state index contributed by atoms with van der Waals surface area (Å²) in [5.74, 6) is 0.906. The first-order valence-corrected chi connectivity index (χ1v) is 11.1. The fraction of sp³-hybridized carbons (Fsp3) is 0.273. The molecule has 8 nitrogen and oxygen atoms in total. The van der Waals surface area contributed by atoms with E-state index in [-0.39, 0.29) is 17.5 Å². The number of halogens is 1. The highest BCUT2D eigenvalue weighted by atomic mass is 79.9. The highest BCUT2D eigenvalue weighted by Crippen LogP contribution is 2.30. The van der Waals surface area contributed by atoms with E-state index >= 15 is 0 Å². The molecule has 158 valence electrons. The molecule has 0 saturated heterocycles. The summed E-state index contributed by atoms with van der Waals surface area (Å²) in [4.78, 5) is 33.3. The second-order valence-electron chi connectivity index (χ2n) is 7.84. The minimum Gasteiger partial charge on any atom is -0.336 e. The number of anilines is 5. The van der Waals surface area contributed by atoms with Crippen molar-refractivity contribution in [3.05, 3.63) is 63.1 Å². The lowest BCUT2D eigenvalue weighted by atomic mass is 10.1. The van der Waals surface area contributed by atoms with Crippen molar-refractivity contribution in [2.24, 2.45) is 0 Å². The number of benzene rings is 1. The van der Waals surface area contributed by atoms with Crippen molar-refractivity contribution in [2.75, 3.05) is 16.0 Å². The average Bonchev–Trinajstić information content (AvgIpc) is 3.39. The van der Waals surface area contributed by atoms with Crippen LogP contribution < -0.4 is 21.5 Å². The quantitative estimate of drug-likeness (QED) is 0.496. The van der Waals surface area contributed by atoms with Gasteiger partial charge >= 0.3 is 0 Å². The van der Waals surface area contributed by atoms with Crippen LogP contribution in [0.5, 0.6) is 0 Å². The van der Waals surface area contributed by atoms with E-state index in [2.05, 4.69) is 41.8 Å². The van der Waals surface area contributed by atoms with Crippen LogP contribution in [0.25, 0.3) is 0 Å². The molecule has 0 radical (unpaired) electrons. The predicted molar refractivity (Wildman–Crippen MR) is 123 cm³/mol. The van der Waals surface area contributed by atoms with E-state index in [0.717, 1.165) is 47.1 Å². The van der Waals surface area contributed by atoms with Gasteiger partial charge in [-0.15, -0.1) is 0 Å². The first-order chi connectivity index (χ1) is 15.0. The Hall–Kier alpha value is -3.20. The number of carbonyl (C=O) groups is 1. The van der Waals surface area contributed by atoms with Crippen molar-refractivity contribution in [3.8, 4) is 0 Å². The SMILES string of the molecule is O=C1Cc2cc(Nc3nccc(Nc4cc(Br)cn(C5CCCC5)c4=O)n3)ccc2N1. The van der Waals surface area contributed by atoms with Gasteiger partial charge in [0.25, 0.3) is 5.56 Å². The number of rotatable bonds is 5. The lowest BCUT2D eigenvalue weighted by Gasteiger charge is -2.16. The molecule has 1 aromatic carbocycles. The van der Waals surface area contributed by atoms with Crippen LogP contribution >= 0.6 is 15.9 Å². The van der Waals surface area contributed by atoms with E-state index < -0.39 is 0 Å². The van der Waals surface area contributed by atoms with Crippen LogP contribution in [0, 0.1) is 0 Å². The molecule has 1 amide bonds. The number of fused-ring (bicyclic) bond motifs is 1. The number of aromatic nitrogens is 3. The minimum absolute atomic E-state index is 0.00752. The van der Waals surface area contributed by atoms with Crippen molar-refractivity contribution in [1.29, 1.82) is 0 Å². The normalized spacial score (nSPS) is 15.6. The first kappa shape index (κ1) is 19.7. The van der Waals surface area contributed by atoms with Gasteiger partial charge in [-0.05, 0) is 64.7 Å². The molecular weight excluding hydrogens is 460 g/mol. The fourth-order valence-electron chi connectivity index (χ4n) is 4.17. The molecule has 0 bridgehead atoms. The molecule has 0 spiro atoms. The molecule has 2 aliphatic rings. The third-order valence-electron chi connectivity index (χ3n) is 5.63. The largest absolute Gasteiger partial charge is 0.336 e. The van der Waals surface area contributed by atoms with Crippen molar-refractivity contribution < 1.29 is 4.79 Å². The Bertz CT molecular complexity index is 1220. The Morgan fingerprint density at radius 2 is 1.94 bits per heavy atom. The molecule has 3 heterocycles. The Labute approximate surface area is 187 Å². The average molecular weight is 481 g/mol. The molecule has 1 fully saturated rings. The standard InChI is InChI=1S/C22H21BrN6O2/c23-14-11-18(21(31)29(12-14)16-3-1-2-4-16)26-19-7-8-24-22(28-19)25-15-5-6-17-13(9-15)10-20(30)27-17/h5-9,11-12,16H,1-4,10H2,(H,27,30)(H2,24,25,26,28). The number of hydrogen-bond donors (Lipinski definition) is 3. The number of hydrogen-bond acceptors (Lipinski definition) is 6. The summed E-state index contributed by atoms with van der Waals surface area (Å²) in [5.41, 5.74) is 2.97. The van der Waals surface area contributed by atoms with Crippen LogP contribution in [-0.2, 0) is 11.2 Å². The second kappa shape index (κ2) is 8.14. The summed E-state index contributed by atoms with van der Waals surface area (Å²) in [5, 5.41) is 9.12. The molecule has 5 rings (SSSR count). The van der Waals surface area contributed by atoms with Crippen LogP contribution in [-0.4, -0.2) is 20.4 Å². The number of carbonyl (C=O) groups excluding carboxylic acids is 1. The van der Waals surface area contributed by atoms with Gasteiger partial charge in [0.2, 0.25) is 11.9 Å². The van der Waals surface area contributed by atoms with Gasteiger partial charge in [0.15, 0.2) is 0 Å². The molecule has 2 aromatic heterocycles. The van der Waals surface area contributed by atoms with Crippen molar-refractivity contribution in [1.82, 2.24) is 14.5 Å². The van der Waals surface area contributed by atoms with Crippen LogP contribution in [0.1, 0.15) is 37.3 Å². The number of pyridine rings is 1. The van der Waals surface area contributed by atoms with E-state index in [0.29, 0.717) is 23.9 Å². The number of nitrogens with zero attached hydrogens (tertiary/aromatic N) is 3. The van der Waals surface area contributed by atoms with Crippen LogP contribution in [0.4, 0.5) is 28.8 Å². The molecule has 3 aromatic rings. The van der Waals surface area contributed by atoms with E-state index in [9.17, 15) is 9.59 Å². The smallest absolute Gasteiger partial charge is 0.274 e. The Morgan fingerprint density at radius 1 is 1.10 bits per heavy atom. The lowest BCUT2D eigenvalue weighted by molar-refractivity contribution is -0.115. The van der Waals surface area contributed by atoms with Crippen molar-refractivity contribution in [2.45, 2.75) is 38.1 Å². The summed E-state index contributed by atoms with van der Waals surface area (Å²) in [6, 6.07) is 9.37. The summed E-state index contributed by atoms with van der Waals surface area (Å²) >= 11 is 3.52. The van der Waals surface area contributed by atoms with Gasteiger partial charge in [0.1, 0.15) is 11.5 Å². The van der Waals surface area contributed by atoms with Gasteiger partial charge in [-0.1, -0.05) is 12.8 Å². The number of amides is 1. The lowest BCUT2D eigenvalue weighted by Crippen LogP contribution is -2.25. The van der Waals surface area contributed by atoms with Crippen LogP contribution in [0.15, 0.2) is 52.0 Å². The molecule has 1 aliphatic heterocycles. The van der Waals surface area contributed by atoms with Gasteiger partial charge in [-0.2, -0.15) is 4.98 Å². The van der Waals surface area contributed by atoms with Crippen molar-refractivity contribution >= 4 is 50.7 Å². The maximum Gasteiger partial charge on any atom is 0.274 e. The molecule has 0 atom stereocenters. The van der Waals surface area contributed by atoms with E-state index in [4.69, 9.17) is 0 Å². The fourth-order valence-corrected chi connectivity index (χ4v) is 4.62. The highest BCUT2D eigenvalue weighted by Gasteiger charge is 2.20. The van der Waals surface area contributed by atoms with Gasteiger partial charge in [-0.3, -0.25) is 9.59 Å². The summed E-state index contributed by atoms with van der Waals surface area (Å²) in [7, 11) is 0. The third-order valence-corrected chi connectivity index (χ3v) is 6.07. The molecule has 9 heteroatoms. The first-order valence-electron chi connectivity index (χ1n) is 10.3. The molecule has 31 heavy (non-hydrogen) atoms. The molecular formula is C22H21BrN6O2. The van der Waals surface area contributed by atoms with Gasteiger partial charge in [0.05, 0.1) is 6.42 Å². The highest BCUT2D eigenvalue weighted by molar-refractivity contribution is 9.10. The Balaban J connectivity index is 1.37. The zero-order valence-corrected chi connectivity index (χ0v) is 18.3. The topological polar surface area (TPSA) is 101 Å². The minimum atomic E-state index is -0.0565. The summed E-state index contributed by atoms with van der Waals surface area (Å²) < 4.78 is 2.66. The van der Waals surface area contributed by atoms with E-state index in [1.165, 1.54) is 0 Å². The Morgan fingerprint density at radius 3 is 2.77 bits per heavy atom. The van der Waals surface area contributed by atoms with E-state index in [1.54, 1.807) is 18.3 Å². The third kappa shape index (κ3) is 4.18. The second-order valence-corrected chi connectivity index (χ2v) is 8.75. The van der Waals surface area contributed by atoms with Crippen molar-refractivity contribution in [3.63, 3.8) is 0 Å². The van der Waals surface area contributed by atoms with Gasteiger partial charge in [-0.25, -0.2) is 4.98 Å². The zero-order valence-electron chi connectivity index (χ0n) is 16.7. The predicted octanol–water partition coefficient (Wildman–Crippen LogP) is 4.50. The maximum atomic E-state index is 13.0. The summed E-state index contributed by atoms with van der Waals surface area (Å²) in [6.07, 6.45) is 8.22. The molecule has 0 unspecified atom stereocenters. The number of nitrogens with one attached hydrogen (secondary N) is 3. The Kier molecular flexibility index (Phi) is 5.19. The summed E-state index contributed by atoms with van der Waals surface area (Å²) in [6.45, 7) is 0. The zero-order chi connectivity index (χ0) is 21.4.